The summed E-state index contributed by atoms with van der Waals surface area (Å²) in [6.45, 7) is 5.27. The zero-order valence-electron chi connectivity index (χ0n) is 10.4. The second-order valence-electron chi connectivity index (χ2n) is 4.09. The molecule has 0 aliphatic rings. The molecule has 0 aliphatic carbocycles. The molecule has 0 saturated heterocycles. The summed E-state index contributed by atoms with van der Waals surface area (Å²) in [7, 11) is 0. The number of thiocarbonyl (C=S) groups is 1. The third kappa shape index (κ3) is 11.8. The fourth-order valence-corrected chi connectivity index (χ4v) is 1.71. The molecule has 0 N–H and O–H groups in total. The molecule has 0 aromatic rings. The fourth-order valence-electron chi connectivity index (χ4n) is 1.48. The highest BCUT2D eigenvalue weighted by atomic mass is 32.1. The second-order valence-corrected chi connectivity index (χ2v) is 4.55. The van der Waals surface area contributed by atoms with Gasteiger partial charge in [-0.15, -0.1) is 0 Å². The molecule has 0 atom stereocenters. The van der Waals surface area contributed by atoms with Crippen molar-refractivity contribution in [2.75, 3.05) is 6.61 Å². The number of rotatable bonds is 10. The lowest BCUT2D eigenvalue weighted by molar-refractivity contribution is 0.291. The van der Waals surface area contributed by atoms with E-state index in [0.29, 0.717) is 0 Å². The molecule has 0 bridgehead atoms. The van der Waals surface area contributed by atoms with E-state index in [2.05, 4.69) is 13.8 Å². The minimum atomic E-state index is 0.818. The summed E-state index contributed by atoms with van der Waals surface area (Å²) in [6, 6.07) is 0. The molecule has 0 heterocycles. The SMILES string of the molecule is CCCCCCCOC(=S)CCCCC. The van der Waals surface area contributed by atoms with E-state index in [1.165, 1.54) is 44.9 Å². The molecule has 0 saturated carbocycles. The van der Waals surface area contributed by atoms with E-state index in [9.17, 15) is 0 Å². The molecular formula is C13H26OS. The number of hydrogen-bond acceptors (Lipinski definition) is 2. The van der Waals surface area contributed by atoms with Crippen LogP contribution < -0.4 is 0 Å². The Morgan fingerprint density at radius 2 is 1.47 bits per heavy atom. The minimum absolute atomic E-state index is 0.818. The lowest BCUT2D eigenvalue weighted by Crippen LogP contribution is -2.03. The zero-order valence-corrected chi connectivity index (χ0v) is 11.2. The van der Waals surface area contributed by atoms with Crippen molar-refractivity contribution in [3.63, 3.8) is 0 Å². The number of unbranched alkanes of at least 4 members (excludes halogenated alkanes) is 6. The van der Waals surface area contributed by atoms with Gasteiger partial charge in [0.25, 0.3) is 0 Å². The molecule has 1 nitrogen and oxygen atoms in total. The van der Waals surface area contributed by atoms with Gasteiger partial charge in [0.2, 0.25) is 0 Å². The molecule has 0 amide bonds. The van der Waals surface area contributed by atoms with E-state index in [1.807, 2.05) is 0 Å². The van der Waals surface area contributed by atoms with Gasteiger partial charge in [-0.3, -0.25) is 0 Å². The maximum atomic E-state index is 5.50. The third-order valence-electron chi connectivity index (χ3n) is 2.50. The van der Waals surface area contributed by atoms with Crippen LogP contribution in [0.15, 0.2) is 0 Å². The third-order valence-corrected chi connectivity index (χ3v) is 2.82. The number of hydrogen-bond donors (Lipinski definition) is 0. The summed E-state index contributed by atoms with van der Waals surface area (Å²) in [4.78, 5) is 0. The molecule has 0 aromatic heterocycles. The first-order valence-electron chi connectivity index (χ1n) is 6.46. The predicted octanol–water partition coefficient (Wildman–Crippen LogP) is 4.88. The van der Waals surface area contributed by atoms with Crippen LogP contribution >= 0.6 is 12.2 Å². The molecule has 15 heavy (non-hydrogen) atoms. The standard InChI is InChI=1S/C13H26OS/c1-3-5-7-8-10-12-14-13(15)11-9-6-4-2/h3-12H2,1-2H3. The van der Waals surface area contributed by atoms with E-state index < -0.39 is 0 Å². The van der Waals surface area contributed by atoms with Crippen LogP contribution in [0, 0.1) is 0 Å². The van der Waals surface area contributed by atoms with Crippen molar-refractivity contribution in [3.8, 4) is 0 Å². The summed E-state index contributed by atoms with van der Waals surface area (Å²) in [5.74, 6) is 0. The predicted molar refractivity (Wildman–Crippen MR) is 71.5 cm³/mol. The number of ether oxygens (including phenoxy) is 1. The Kier molecular flexibility index (Phi) is 11.9. The Morgan fingerprint density at radius 1 is 0.867 bits per heavy atom. The molecule has 90 valence electrons. The second kappa shape index (κ2) is 12.0. The van der Waals surface area contributed by atoms with E-state index in [0.717, 1.165) is 24.5 Å². The van der Waals surface area contributed by atoms with Crippen molar-refractivity contribution in [1.29, 1.82) is 0 Å². The van der Waals surface area contributed by atoms with Crippen LogP contribution in [-0.4, -0.2) is 11.7 Å². The van der Waals surface area contributed by atoms with Crippen LogP contribution in [0.4, 0.5) is 0 Å². The average Bonchev–Trinajstić information content (AvgIpc) is 2.23. The van der Waals surface area contributed by atoms with E-state index in [-0.39, 0.29) is 0 Å². The first-order chi connectivity index (χ1) is 7.31. The van der Waals surface area contributed by atoms with Crippen LogP contribution in [0.5, 0.6) is 0 Å². The molecule has 0 rings (SSSR count). The van der Waals surface area contributed by atoms with Crippen molar-refractivity contribution >= 4 is 17.3 Å². The Balaban J connectivity index is 3.10. The van der Waals surface area contributed by atoms with Gasteiger partial charge in [0.1, 0.15) is 0 Å². The van der Waals surface area contributed by atoms with Gasteiger partial charge in [-0.1, -0.05) is 52.4 Å². The highest BCUT2D eigenvalue weighted by Crippen LogP contribution is 2.05. The quantitative estimate of drug-likeness (QED) is 0.391. The minimum Gasteiger partial charge on any atom is -0.487 e. The summed E-state index contributed by atoms with van der Waals surface area (Å²) < 4.78 is 5.50. The maximum absolute atomic E-state index is 5.50. The Bertz CT molecular complexity index is 145. The molecule has 0 aliphatic heterocycles. The van der Waals surface area contributed by atoms with Crippen molar-refractivity contribution in [3.05, 3.63) is 0 Å². The molecule has 0 aromatic carbocycles. The van der Waals surface area contributed by atoms with Gasteiger partial charge in [0.15, 0.2) is 5.05 Å². The Labute approximate surface area is 101 Å². The lowest BCUT2D eigenvalue weighted by Gasteiger charge is -2.06. The average molecular weight is 230 g/mol. The van der Waals surface area contributed by atoms with Crippen molar-refractivity contribution < 1.29 is 4.74 Å². The first kappa shape index (κ1) is 14.9. The summed E-state index contributed by atoms with van der Waals surface area (Å²) in [5.41, 5.74) is 0. The fraction of sp³-hybridized carbons (Fsp3) is 0.923. The Hall–Kier alpha value is -0.110. The first-order valence-corrected chi connectivity index (χ1v) is 6.87. The molecular weight excluding hydrogens is 204 g/mol. The smallest absolute Gasteiger partial charge is 0.159 e. The van der Waals surface area contributed by atoms with Gasteiger partial charge in [0, 0.05) is 6.42 Å². The summed E-state index contributed by atoms with van der Waals surface area (Å²) in [6.07, 6.45) is 11.1. The largest absolute Gasteiger partial charge is 0.487 e. The maximum Gasteiger partial charge on any atom is 0.159 e. The lowest BCUT2D eigenvalue weighted by atomic mass is 10.2. The van der Waals surface area contributed by atoms with Crippen LogP contribution in [0.25, 0.3) is 0 Å². The van der Waals surface area contributed by atoms with E-state index >= 15 is 0 Å². The highest BCUT2D eigenvalue weighted by Gasteiger charge is 1.97. The van der Waals surface area contributed by atoms with Crippen molar-refractivity contribution in [1.82, 2.24) is 0 Å². The van der Waals surface area contributed by atoms with Gasteiger partial charge in [0.05, 0.1) is 6.61 Å². The van der Waals surface area contributed by atoms with Crippen LogP contribution in [-0.2, 0) is 4.74 Å². The molecule has 0 spiro atoms. The van der Waals surface area contributed by atoms with Gasteiger partial charge < -0.3 is 4.74 Å². The van der Waals surface area contributed by atoms with Gasteiger partial charge in [-0.05, 0) is 25.1 Å². The topological polar surface area (TPSA) is 9.23 Å². The van der Waals surface area contributed by atoms with Gasteiger partial charge in [-0.2, -0.15) is 0 Å². The molecule has 2 heteroatoms. The van der Waals surface area contributed by atoms with E-state index in [4.69, 9.17) is 17.0 Å². The Morgan fingerprint density at radius 3 is 2.13 bits per heavy atom. The van der Waals surface area contributed by atoms with Crippen molar-refractivity contribution in [2.45, 2.75) is 71.6 Å². The van der Waals surface area contributed by atoms with Crippen molar-refractivity contribution in [2.24, 2.45) is 0 Å². The van der Waals surface area contributed by atoms with E-state index in [1.54, 1.807) is 0 Å². The van der Waals surface area contributed by atoms with Crippen LogP contribution in [0.3, 0.4) is 0 Å². The van der Waals surface area contributed by atoms with Crippen LogP contribution in [0.1, 0.15) is 71.6 Å². The molecule has 0 fully saturated rings. The van der Waals surface area contributed by atoms with Gasteiger partial charge in [-0.25, -0.2) is 0 Å². The highest BCUT2D eigenvalue weighted by molar-refractivity contribution is 7.80. The summed E-state index contributed by atoms with van der Waals surface area (Å²) >= 11 is 5.15. The molecule has 0 unspecified atom stereocenters. The molecule has 0 radical (unpaired) electrons. The normalized spacial score (nSPS) is 10.3. The van der Waals surface area contributed by atoms with Crippen LogP contribution in [0.2, 0.25) is 0 Å². The monoisotopic (exact) mass is 230 g/mol. The summed E-state index contributed by atoms with van der Waals surface area (Å²) in [5, 5.41) is 0.818. The van der Waals surface area contributed by atoms with Gasteiger partial charge >= 0.3 is 0 Å². The zero-order chi connectivity index (χ0) is 11.4.